The smallest absolute Gasteiger partial charge is 0.322 e. The third-order valence-electron chi connectivity index (χ3n) is 4.27. The number of aromatic nitrogens is 1. The number of piperidine rings is 1. The molecule has 0 bridgehead atoms. The fourth-order valence-electron chi connectivity index (χ4n) is 2.77. The van der Waals surface area contributed by atoms with Gasteiger partial charge in [0, 0.05) is 37.2 Å². The number of carbonyl (C=O) groups excluding carboxylic acids is 2. The van der Waals surface area contributed by atoms with Gasteiger partial charge in [-0.25, -0.2) is 4.79 Å². The highest BCUT2D eigenvalue weighted by molar-refractivity contribution is 5.90. The first kappa shape index (κ1) is 17.2. The molecule has 2 rings (SSSR count). The SMILES string of the molecule is CCCCNC(=O)[C@@H]1CC[C@H](C)N(C(=O)Nc2ccncc2)C1. The Morgan fingerprint density at radius 3 is 2.74 bits per heavy atom. The van der Waals surface area contributed by atoms with Crippen molar-refractivity contribution in [1.29, 1.82) is 0 Å². The molecule has 0 aliphatic carbocycles. The van der Waals surface area contributed by atoms with Gasteiger partial charge in [-0.15, -0.1) is 0 Å². The number of nitrogens with zero attached hydrogens (tertiary/aromatic N) is 2. The third-order valence-corrected chi connectivity index (χ3v) is 4.27. The summed E-state index contributed by atoms with van der Waals surface area (Å²) in [7, 11) is 0. The van der Waals surface area contributed by atoms with E-state index in [1.807, 2.05) is 6.92 Å². The molecule has 0 spiro atoms. The lowest BCUT2D eigenvalue weighted by atomic mass is 9.93. The molecule has 2 atom stereocenters. The number of anilines is 1. The summed E-state index contributed by atoms with van der Waals surface area (Å²) >= 11 is 0. The van der Waals surface area contributed by atoms with Crippen molar-refractivity contribution in [3.05, 3.63) is 24.5 Å². The van der Waals surface area contributed by atoms with E-state index in [-0.39, 0.29) is 23.9 Å². The highest BCUT2D eigenvalue weighted by atomic mass is 16.2. The second kappa shape index (κ2) is 8.50. The summed E-state index contributed by atoms with van der Waals surface area (Å²) in [5.74, 6) is -0.0571. The molecule has 0 unspecified atom stereocenters. The Balaban J connectivity index is 1.92. The number of unbranched alkanes of at least 4 members (excludes halogenated alkanes) is 1. The fraction of sp³-hybridized carbons (Fsp3) is 0.588. The predicted molar refractivity (Wildman–Crippen MR) is 90.1 cm³/mol. The van der Waals surface area contributed by atoms with Crippen LogP contribution in [0, 0.1) is 5.92 Å². The number of rotatable bonds is 5. The van der Waals surface area contributed by atoms with Crippen molar-refractivity contribution in [3.63, 3.8) is 0 Å². The molecule has 1 aliphatic heterocycles. The summed E-state index contributed by atoms with van der Waals surface area (Å²) in [6, 6.07) is 3.48. The summed E-state index contributed by atoms with van der Waals surface area (Å²) in [6.45, 7) is 5.30. The zero-order valence-corrected chi connectivity index (χ0v) is 13.9. The average Bonchev–Trinajstić information content (AvgIpc) is 2.56. The van der Waals surface area contributed by atoms with E-state index in [1.54, 1.807) is 29.4 Å². The molecular weight excluding hydrogens is 292 g/mol. The van der Waals surface area contributed by atoms with Crippen molar-refractivity contribution >= 4 is 17.6 Å². The first-order chi connectivity index (χ1) is 11.1. The highest BCUT2D eigenvalue weighted by Gasteiger charge is 2.32. The van der Waals surface area contributed by atoms with Crippen molar-refractivity contribution in [3.8, 4) is 0 Å². The van der Waals surface area contributed by atoms with E-state index in [2.05, 4.69) is 22.5 Å². The van der Waals surface area contributed by atoms with Crippen LogP contribution >= 0.6 is 0 Å². The Labute approximate surface area is 137 Å². The number of urea groups is 1. The van der Waals surface area contributed by atoms with Crippen LogP contribution in [0.5, 0.6) is 0 Å². The first-order valence-corrected chi connectivity index (χ1v) is 8.37. The Hall–Kier alpha value is -2.11. The molecule has 0 radical (unpaired) electrons. The van der Waals surface area contributed by atoms with E-state index in [9.17, 15) is 9.59 Å². The van der Waals surface area contributed by atoms with Gasteiger partial charge in [0.15, 0.2) is 0 Å². The van der Waals surface area contributed by atoms with Gasteiger partial charge in [0.2, 0.25) is 5.91 Å². The van der Waals surface area contributed by atoms with Gasteiger partial charge in [-0.2, -0.15) is 0 Å². The molecule has 0 aromatic carbocycles. The van der Waals surface area contributed by atoms with Crippen LogP contribution in [0.1, 0.15) is 39.5 Å². The van der Waals surface area contributed by atoms with Gasteiger partial charge in [0.05, 0.1) is 5.92 Å². The van der Waals surface area contributed by atoms with Crippen LogP contribution in [0.25, 0.3) is 0 Å². The minimum atomic E-state index is -0.158. The number of pyridine rings is 1. The molecular formula is C17H26N4O2. The highest BCUT2D eigenvalue weighted by Crippen LogP contribution is 2.23. The summed E-state index contributed by atoms with van der Waals surface area (Å²) in [5.41, 5.74) is 0.715. The van der Waals surface area contributed by atoms with Crippen LogP contribution in [0.3, 0.4) is 0 Å². The Morgan fingerprint density at radius 2 is 2.04 bits per heavy atom. The van der Waals surface area contributed by atoms with Crippen molar-refractivity contribution < 1.29 is 9.59 Å². The molecule has 6 nitrogen and oxygen atoms in total. The second-order valence-corrected chi connectivity index (χ2v) is 6.09. The normalized spacial score (nSPS) is 20.9. The van der Waals surface area contributed by atoms with Crippen LogP contribution < -0.4 is 10.6 Å². The zero-order chi connectivity index (χ0) is 16.7. The quantitative estimate of drug-likeness (QED) is 0.820. The molecule has 3 amide bonds. The van der Waals surface area contributed by atoms with Gasteiger partial charge in [0.1, 0.15) is 0 Å². The lowest BCUT2D eigenvalue weighted by Gasteiger charge is -2.37. The molecule has 1 aliphatic rings. The molecule has 23 heavy (non-hydrogen) atoms. The van der Waals surface area contributed by atoms with E-state index < -0.39 is 0 Å². The molecule has 1 aromatic heterocycles. The number of likely N-dealkylation sites (tertiary alicyclic amines) is 1. The molecule has 1 fully saturated rings. The van der Waals surface area contributed by atoms with E-state index >= 15 is 0 Å². The average molecular weight is 318 g/mol. The molecule has 0 saturated carbocycles. The molecule has 126 valence electrons. The van der Waals surface area contributed by atoms with Gasteiger partial charge < -0.3 is 15.5 Å². The number of nitrogens with one attached hydrogen (secondary N) is 2. The van der Waals surface area contributed by atoms with Crippen molar-refractivity contribution in [2.24, 2.45) is 5.92 Å². The Morgan fingerprint density at radius 1 is 1.30 bits per heavy atom. The number of hydrogen-bond donors (Lipinski definition) is 2. The predicted octanol–water partition coefficient (Wildman–Crippen LogP) is 2.63. The molecule has 1 saturated heterocycles. The van der Waals surface area contributed by atoms with Crippen molar-refractivity contribution in [2.45, 2.75) is 45.6 Å². The van der Waals surface area contributed by atoms with Gasteiger partial charge in [-0.05, 0) is 38.3 Å². The monoisotopic (exact) mass is 318 g/mol. The van der Waals surface area contributed by atoms with E-state index in [4.69, 9.17) is 0 Å². The molecule has 1 aromatic rings. The summed E-state index contributed by atoms with van der Waals surface area (Å²) in [5, 5.41) is 5.84. The van der Waals surface area contributed by atoms with Crippen LogP contribution in [0.2, 0.25) is 0 Å². The van der Waals surface area contributed by atoms with Gasteiger partial charge in [-0.3, -0.25) is 9.78 Å². The number of amides is 3. The summed E-state index contributed by atoms with van der Waals surface area (Å²) in [4.78, 5) is 30.4. The summed E-state index contributed by atoms with van der Waals surface area (Å²) in [6.07, 6.45) is 7.00. The fourth-order valence-corrected chi connectivity index (χ4v) is 2.77. The van der Waals surface area contributed by atoms with Gasteiger partial charge in [0.25, 0.3) is 0 Å². The third kappa shape index (κ3) is 4.94. The zero-order valence-electron chi connectivity index (χ0n) is 13.9. The van der Waals surface area contributed by atoms with Gasteiger partial charge in [-0.1, -0.05) is 13.3 Å². The number of hydrogen-bond acceptors (Lipinski definition) is 3. The largest absolute Gasteiger partial charge is 0.356 e. The summed E-state index contributed by atoms with van der Waals surface area (Å²) < 4.78 is 0. The lowest BCUT2D eigenvalue weighted by molar-refractivity contribution is -0.126. The second-order valence-electron chi connectivity index (χ2n) is 6.09. The minimum absolute atomic E-state index is 0.0621. The van der Waals surface area contributed by atoms with Crippen LogP contribution in [0.15, 0.2) is 24.5 Å². The molecule has 2 N–H and O–H groups in total. The topological polar surface area (TPSA) is 74.3 Å². The van der Waals surface area contributed by atoms with E-state index in [0.29, 0.717) is 18.8 Å². The van der Waals surface area contributed by atoms with Gasteiger partial charge >= 0.3 is 6.03 Å². The Kier molecular flexibility index (Phi) is 6.38. The van der Waals surface area contributed by atoms with Crippen LogP contribution in [-0.2, 0) is 4.79 Å². The minimum Gasteiger partial charge on any atom is -0.356 e. The Bertz CT molecular complexity index is 521. The van der Waals surface area contributed by atoms with E-state index in [1.165, 1.54) is 0 Å². The molecule has 6 heteroatoms. The maximum Gasteiger partial charge on any atom is 0.322 e. The number of carbonyl (C=O) groups is 2. The standard InChI is InChI=1S/C17H26N4O2/c1-3-4-9-19-16(22)14-6-5-13(2)21(12-14)17(23)20-15-7-10-18-11-8-15/h7-8,10-11,13-14H,3-6,9,12H2,1-2H3,(H,19,22)(H,18,20,23)/t13-,14+/m0/s1. The van der Waals surface area contributed by atoms with Crippen LogP contribution in [0.4, 0.5) is 10.5 Å². The first-order valence-electron chi connectivity index (χ1n) is 8.37. The van der Waals surface area contributed by atoms with Crippen molar-refractivity contribution in [2.75, 3.05) is 18.4 Å². The van der Waals surface area contributed by atoms with Crippen molar-refractivity contribution in [1.82, 2.24) is 15.2 Å². The maximum absolute atomic E-state index is 12.5. The van der Waals surface area contributed by atoms with Crippen LogP contribution in [-0.4, -0.2) is 41.0 Å². The van der Waals surface area contributed by atoms with E-state index in [0.717, 1.165) is 25.7 Å². The lowest BCUT2D eigenvalue weighted by Crippen LogP contribution is -2.50. The maximum atomic E-state index is 12.5. The molecule has 2 heterocycles.